The highest BCUT2D eigenvalue weighted by atomic mass is 16.8. The number of hydrogen-bond donors (Lipinski definition) is 0. The molecule has 1 atom stereocenters. The van der Waals surface area contributed by atoms with Crippen LogP contribution in [0.5, 0.6) is 0 Å². The summed E-state index contributed by atoms with van der Waals surface area (Å²) in [4.78, 5) is 22.5. The van der Waals surface area contributed by atoms with Gasteiger partial charge < -0.3 is 18.8 Å². The molecule has 6 nitrogen and oxygen atoms in total. The smallest absolute Gasteiger partial charge is 0.465 e. The third-order valence-corrected chi connectivity index (χ3v) is 3.03. The van der Waals surface area contributed by atoms with Gasteiger partial charge in [0.15, 0.2) is 6.61 Å². The first-order valence-electron chi connectivity index (χ1n) is 5.71. The summed E-state index contributed by atoms with van der Waals surface area (Å²) in [5.74, 6) is -0.408. The Labute approximate surface area is 108 Å². The van der Waals surface area contributed by atoms with Crippen LogP contribution in [0.4, 0.5) is 4.79 Å². The van der Waals surface area contributed by atoms with Crippen molar-refractivity contribution in [2.75, 3.05) is 13.7 Å². The molecular formula is C13H11NO5. The van der Waals surface area contributed by atoms with Crippen molar-refractivity contribution in [2.45, 2.75) is 6.23 Å². The van der Waals surface area contributed by atoms with Gasteiger partial charge in [0.25, 0.3) is 0 Å². The van der Waals surface area contributed by atoms with Crippen LogP contribution >= 0.6 is 0 Å². The quantitative estimate of drug-likeness (QED) is 0.774. The van der Waals surface area contributed by atoms with Crippen molar-refractivity contribution in [2.24, 2.45) is 0 Å². The second kappa shape index (κ2) is 4.31. The van der Waals surface area contributed by atoms with Crippen LogP contribution in [0.15, 0.2) is 30.5 Å². The van der Waals surface area contributed by atoms with Crippen LogP contribution in [0.1, 0.15) is 16.6 Å². The van der Waals surface area contributed by atoms with Gasteiger partial charge in [0.1, 0.15) is 0 Å². The summed E-state index contributed by atoms with van der Waals surface area (Å²) in [5, 5.41) is 0.940. The maximum Gasteiger partial charge on any atom is 0.510 e. The Hall–Kier alpha value is -2.50. The lowest BCUT2D eigenvalue weighted by Crippen LogP contribution is -2.10. The fraction of sp³-hybridized carbons (Fsp3) is 0.231. The number of methoxy groups -OCH3 is 1. The van der Waals surface area contributed by atoms with Gasteiger partial charge in [-0.2, -0.15) is 0 Å². The number of carbonyl (C=O) groups is 2. The van der Waals surface area contributed by atoms with Gasteiger partial charge in [-0.25, -0.2) is 9.59 Å². The molecule has 1 aliphatic rings. The Bertz CT molecular complexity index is 660. The van der Waals surface area contributed by atoms with E-state index in [-0.39, 0.29) is 6.61 Å². The van der Waals surface area contributed by atoms with Crippen molar-refractivity contribution >= 4 is 23.0 Å². The summed E-state index contributed by atoms with van der Waals surface area (Å²) < 4.78 is 16.2. The van der Waals surface area contributed by atoms with Crippen LogP contribution in [-0.4, -0.2) is 30.4 Å². The minimum Gasteiger partial charge on any atom is -0.465 e. The molecule has 2 heterocycles. The van der Waals surface area contributed by atoms with Gasteiger partial charge in [-0.3, -0.25) is 0 Å². The number of aromatic nitrogens is 1. The van der Waals surface area contributed by atoms with Crippen molar-refractivity contribution in [3.05, 3.63) is 36.0 Å². The highest BCUT2D eigenvalue weighted by molar-refractivity contribution is 5.94. The summed E-state index contributed by atoms with van der Waals surface area (Å²) >= 11 is 0. The van der Waals surface area contributed by atoms with Crippen molar-refractivity contribution in [1.82, 2.24) is 4.57 Å². The maximum absolute atomic E-state index is 11.5. The lowest BCUT2D eigenvalue weighted by Gasteiger charge is -2.10. The Balaban J connectivity index is 2.05. The zero-order chi connectivity index (χ0) is 13.4. The van der Waals surface area contributed by atoms with Crippen molar-refractivity contribution in [3.63, 3.8) is 0 Å². The third-order valence-electron chi connectivity index (χ3n) is 3.03. The average molecular weight is 261 g/mol. The molecule has 0 amide bonds. The number of rotatable bonds is 2. The van der Waals surface area contributed by atoms with Crippen LogP contribution in [0.2, 0.25) is 0 Å². The fourth-order valence-electron chi connectivity index (χ4n) is 2.10. The van der Waals surface area contributed by atoms with E-state index in [1.165, 1.54) is 7.11 Å². The largest absolute Gasteiger partial charge is 0.510 e. The number of ether oxygens (including phenoxy) is 3. The zero-order valence-electron chi connectivity index (χ0n) is 10.2. The molecule has 6 heteroatoms. The molecule has 0 radical (unpaired) electrons. The normalized spacial score (nSPS) is 18.2. The molecule has 0 spiro atoms. The number of benzene rings is 1. The van der Waals surface area contributed by atoms with E-state index in [0.717, 1.165) is 10.9 Å². The highest BCUT2D eigenvalue weighted by Gasteiger charge is 2.27. The topological polar surface area (TPSA) is 66.8 Å². The van der Waals surface area contributed by atoms with Crippen LogP contribution in [-0.2, 0) is 14.2 Å². The Kier molecular flexibility index (Phi) is 2.63. The molecule has 1 fully saturated rings. The van der Waals surface area contributed by atoms with Gasteiger partial charge in [0.2, 0.25) is 6.23 Å². The molecule has 1 aromatic carbocycles. The predicted molar refractivity (Wildman–Crippen MR) is 64.7 cm³/mol. The van der Waals surface area contributed by atoms with E-state index in [2.05, 4.69) is 4.74 Å². The molecule has 0 aliphatic carbocycles. The zero-order valence-corrected chi connectivity index (χ0v) is 10.2. The first-order valence-corrected chi connectivity index (χ1v) is 5.71. The first kappa shape index (κ1) is 11.6. The predicted octanol–water partition coefficient (Wildman–Crippen LogP) is 2.09. The molecule has 0 saturated carbocycles. The van der Waals surface area contributed by atoms with Crippen LogP contribution in [0, 0.1) is 0 Å². The van der Waals surface area contributed by atoms with Crippen LogP contribution < -0.4 is 0 Å². The molecule has 1 aromatic heterocycles. The second-order valence-electron chi connectivity index (χ2n) is 4.12. The lowest BCUT2D eigenvalue weighted by molar-refractivity contribution is 0.0600. The molecule has 1 unspecified atom stereocenters. The number of fused-ring (bicyclic) bond motifs is 1. The fourth-order valence-corrected chi connectivity index (χ4v) is 2.10. The molecule has 98 valence electrons. The number of cyclic esters (lactones) is 2. The monoisotopic (exact) mass is 261 g/mol. The standard InChI is InChI=1S/C13H11NO5/c1-17-12(15)9-3-2-8-4-5-14(10(8)6-9)11-7-18-13(16)19-11/h2-6,11H,7H2,1H3. The van der Waals surface area contributed by atoms with Crippen molar-refractivity contribution in [1.29, 1.82) is 0 Å². The summed E-state index contributed by atoms with van der Waals surface area (Å²) in [6.45, 7) is 0.158. The van der Waals surface area contributed by atoms with Crippen LogP contribution in [0.25, 0.3) is 10.9 Å². The highest BCUT2D eigenvalue weighted by Crippen LogP contribution is 2.25. The van der Waals surface area contributed by atoms with Crippen molar-refractivity contribution in [3.8, 4) is 0 Å². The molecule has 0 bridgehead atoms. The van der Waals surface area contributed by atoms with Gasteiger partial charge in [-0.1, -0.05) is 6.07 Å². The molecule has 3 rings (SSSR count). The number of hydrogen-bond acceptors (Lipinski definition) is 5. The van der Waals surface area contributed by atoms with Gasteiger partial charge >= 0.3 is 12.1 Å². The summed E-state index contributed by atoms with van der Waals surface area (Å²) in [6, 6.07) is 7.08. The number of nitrogens with zero attached hydrogens (tertiary/aromatic N) is 1. The number of carbonyl (C=O) groups excluding carboxylic acids is 2. The van der Waals surface area contributed by atoms with E-state index >= 15 is 0 Å². The van der Waals surface area contributed by atoms with Gasteiger partial charge in [-0.15, -0.1) is 0 Å². The van der Waals surface area contributed by atoms with Gasteiger partial charge in [0, 0.05) is 6.20 Å². The van der Waals surface area contributed by atoms with E-state index in [9.17, 15) is 9.59 Å². The Morgan fingerprint density at radius 3 is 2.95 bits per heavy atom. The van der Waals surface area contributed by atoms with Crippen molar-refractivity contribution < 1.29 is 23.8 Å². The van der Waals surface area contributed by atoms with E-state index < -0.39 is 18.4 Å². The molecular weight excluding hydrogens is 250 g/mol. The summed E-state index contributed by atoms with van der Waals surface area (Å²) in [7, 11) is 1.33. The average Bonchev–Trinajstić information content (AvgIpc) is 3.02. The third kappa shape index (κ3) is 1.91. The van der Waals surface area contributed by atoms with E-state index in [0.29, 0.717) is 5.56 Å². The van der Waals surface area contributed by atoms with E-state index in [4.69, 9.17) is 9.47 Å². The molecule has 1 aliphatic heterocycles. The summed E-state index contributed by atoms with van der Waals surface area (Å²) in [5.41, 5.74) is 1.23. The number of esters is 1. The lowest BCUT2D eigenvalue weighted by atomic mass is 10.1. The Morgan fingerprint density at radius 1 is 1.42 bits per heavy atom. The van der Waals surface area contributed by atoms with Gasteiger partial charge in [0.05, 0.1) is 18.2 Å². The minimum atomic E-state index is -0.684. The summed E-state index contributed by atoms with van der Waals surface area (Å²) in [6.07, 6.45) is 0.604. The van der Waals surface area contributed by atoms with Gasteiger partial charge in [-0.05, 0) is 23.6 Å². The molecule has 1 saturated heterocycles. The first-order chi connectivity index (χ1) is 9.19. The molecule has 19 heavy (non-hydrogen) atoms. The molecule has 0 N–H and O–H groups in total. The van der Waals surface area contributed by atoms with E-state index in [1.54, 1.807) is 22.9 Å². The second-order valence-corrected chi connectivity index (χ2v) is 4.12. The Morgan fingerprint density at radius 2 is 2.26 bits per heavy atom. The SMILES string of the molecule is COC(=O)c1ccc2ccn(C3COC(=O)O3)c2c1. The minimum absolute atomic E-state index is 0.158. The van der Waals surface area contributed by atoms with Crippen LogP contribution in [0.3, 0.4) is 0 Å². The maximum atomic E-state index is 11.5. The molecule has 2 aromatic rings. The van der Waals surface area contributed by atoms with E-state index in [1.807, 2.05) is 12.1 Å².